The molecule has 2 rings (SSSR count). The summed E-state index contributed by atoms with van der Waals surface area (Å²) in [5.74, 6) is -0.0930. The van der Waals surface area contributed by atoms with Crippen molar-refractivity contribution in [2.45, 2.75) is 13.8 Å². The maximum Gasteiger partial charge on any atom is 0.258 e. The molecule has 4 heteroatoms. The molecular weight excluding hydrogens is 276 g/mol. The number of anilines is 2. The van der Waals surface area contributed by atoms with Crippen LogP contribution in [-0.2, 0) is 4.79 Å². The molecule has 0 radical (unpaired) electrons. The lowest BCUT2D eigenvalue weighted by atomic mass is 10.1. The highest BCUT2D eigenvalue weighted by Crippen LogP contribution is 2.21. The Balaban J connectivity index is 2.18. The molecule has 0 aliphatic rings. The summed E-state index contributed by atoms with van der Waals surface area (Å²) in [5, 5.41) is 0. The first-order valence-corrected chi connectivity index (χ1v) is 7.09. The van der Waals surface area contributed by atoms with Crippen LogP contribution in [0.1, 0.15) is 22.8 Å². The van der Waals surface area contributed by atoms with Gasteiger partial charge in [-0.2, -0.15) is 0 Å². The minimum absolute atomic E-state index is 0.0307. The van der Waals surface area contributed by atoms with Crippen LogP contribution in [0.2, 0.25) is 0 Å². The van der Waals surface area contributed by atoms with E-state index in [-0.39, 0.29) is 11.8 Å². The van der Waals surface area contributed by atoms with Gasteiger partial charge < -0.3 is 9.80 Å². The summed E-state index contributed by atoms with van der Waals surface area (Å²) >= 11 is 0. The van der Waals surface area contributed by atoms with Gasteiger partial charge in [0.1, 0.15) is 0 Å². The Morgan fingerprint density at radius 3 is 1.68 bits per heavy atom. The highest BCUT2D eigenvalue weighted by Gasteiger charge is 2.14. The van der Waals surface area contributed by atoms with Crippen LogP contribution in [0, 0.1) is 6.92 Å². The van der Waals surface area contributed by atoms with Gasteiger partial charge in [0.25, 0.3) is 5.91 Å². The van der Waals surface area contributed by atoms with E-state index in [4.69, 9.17) is 0 Å². The lowest BCUT2D eigenvalue weighted by Gasteiger charge is -2.20. The van der Waals surface area contributed by atoms with E-state index in [1.54, 1.807) is 23.9 Å². The van der Waals surface area contributed by atoms with Gasteiger partial charge in [-0.1, -0.05) is 17.7 Å². The average Bonchev–Trinajstić information content (AvgIpc) is 2.53. The molecule has 0 heterocycles. The number of hydrogen-bond acceptors (Lipinski definition) is 2. The molecule has 0 aliphatic heterocycles. The SMILES string of the molecule is CC(=O)N(C)c1ccc(N(C)C(=O)c2ccc(C)cc2)cc1. The molecule has 4 nitrogen and oxygen atoms in total. The lowest BCUT2D eigenvalue weighted by molar-refractivity contribution is -0.116. The molecule has 0 saturated heterocycles. The first-order valence-electron chi connectivity index (χ1n) is 7.09. The molecule has 22 heavy (non-hydrogen) atoms. The van der Waals surface area contributed by atoms with Crippen molar-refractivity contribution in [3.8, 4) is 0 Å². The maximum absolute atomic E-state index is 12.4. The highest BCUT2D eigenvalue weighted by molar-refractivity contribution is 6.05. The van der Waals surface area contributed by atoms with Crippen molar-refractivity contribution < 1.29 is 9.59 Å². The Bertz CT molecular complexity index is 675. The fraction of sp³-hybridized carbons (Fsp3) is 0.222. The maximum atomic E-state index is 12.4. The predicted octanol–water partition coefficient (Wildman–Crippen LogP) is 3.25. The second-order valence-corrected chi connectivity index (χ2v) is 5.32. The molecule has 114 valence electrons. The summed E-state index contributed by atoms with van der Waals surface area (Å²) in [6, 6.07) is 14.8. The number of carbonyl (C=O) groups excluding carboxylic acids is 2. The van der Waals surface area contributed by atoms with E-state index >= 15 is 0 Å². The second-order valence-electron chi connectivity index (χ2n) is 5.32. The van der Waals surface area contributed by atoms with Gasteiger partial charge in [0.15, 0.2) is 0 Å². The van der Waals surface area contributed by atoms with Gasteiger partial charge in [-0.3, -0.25) is 9.59 Å². The first kappa shape index (κ1) is 15.8. The zero-order valence-electron chi connectivity index (χ0n) is 13.3. The molecular formula is C18H20N2O2. The first-order chi connectivity index (χ1) is 10.4. The molecule has 0 bridgehead atoms. The van der Waals surface area contributed by atoms with Crippen molar-refractivity contribution in [1.82, 2.24) is 0 Å². The summed E-state index contributed by atoms with van der Waals surface area (Å²) in [5.41, 5.74) is 3.35. The van der Waals surface area contributed by atoms with Gasteiger partial charge >= 0.3 is 0 Å². The van der Waals surface area contributed by atoms with Crippen LogP contribution in [-0.4, -0.2) is 25.9 Å². The van der Waals surface area contributed by atoms with Crippen LogP contribution in [0.15, 0.2) is 48.5 Å². The molecule has 0 aromatic heterocycles. The quantitative estimate of drug-likeness (QED) is 0.872. The third-order valence-electron chi connectivity index (χ3n) is 3.70. The summed E-state index contributed by atoms with van der Waals surface area (Å²) < 4.78 is 0. The Labute approximate surface area is 131 Å². The third kappa shape index (κ3) is 3.34. The van der Waals surface area contributed by atoms with E-state index in [1.807, 2.05) is 55.5 Å². The van der Waals surface area contributed by atoms with Gasteiger partial charge in [0.2, 0.25) is 5.91 Å². The average molecular weight is 296 g/mol. The zero-order chi connectivity index (χ0) is 16.3. The number of benzene rings is 2. The van der Waals surface area contributed by atoms with E-state index in [0.29, 0.717) is 5.56 Å². The normalized spacial score (nSPS) is 10.2. The third-order valence-corrected chi connectivity index (χ3v) is 3.70. The smallest absolute Gasteiger partial charge is 0.258 e. The standard InChI is InChI=1S/C18H20N2O2/c1-13-5-7-15(8-6-13)18(22)20(4)17-11-9-16(10-12-17)19(3)14(2)21/h5-12H,1-4H3. The fourth-order valence-electron chi connectivity index (χ4n) is 2.09. The number of aryl methyl sites for hydroxylation is 1. The van der Waals surface area contributed by atoms with E-state index in [9.17, 15) is 9.59 Å². The number of carbonyl (C=O) groups is 2. The molecule has 2 amide bonds. The number of rotatable bonds is 3. The van der Waals surface area contributed by atoms with E-state index in [0.717, 1.165) is 16.9 Å². The second kappa shape index (κ2) is 6.43. The Hall–Kier alpha value is -2.62. The number of amides is 2. The lowest BCUT2D eigenvalue weighted by Crippen LogP contribution is -2.26. The van der Waals surface area contributed by atoms with Crippen molar-refractivity contribution >= 4 is 23.2 Å². The van der Waals surface area contributed by atoms with E-state index < -0.39 is 0 Å². The summed E-state index contributed by atoms with van der Waals surface area (Å²) in [4.78, 5) is 27.0. The Kier molecular flexibility index (Phi) is 4.61. The van der Waals surface area contributed by atoms with Gasteiger partial charge in [-0.15, -0.1) is 0 Å². The van der Waals surface area contributed by atoms with Gasteiger partial charge in [0.05, 0.1) is 0 Å². The molecule has 0 saturated carbocycles. The number of hydrogen-bond donors (Lipinski definition) is 0. The molecule has 2 aromatic rings. The largest absolute Gasteiger partial charge is 0.316 e. The van der Waals surface area contributed by atoms with Crippen LogP contribution in [0.3, 0.4) is 0 Å². The summed E-state index contributed by atoms with van der Waals surface area (Å²) in [6.07, 6.45) is 0. The molecule has 2 aromatic carbocycles. The fourth-order valence-corrected chi connectivity index (χ4v) is 2.09. The van der Waals surface area contributed by atoms with Gasteiger partial charge in [-0.25, -0.2) is 0 Å². The van der Waals surface area contributed by atoms with Crippen molar-refractivity contribution in [3.63, 3.8) is 0 Å². The van der Waals surface area contributed by atoms with Crippen molar-refractivity contribution in [3.05, 3.63) is 59.7 Å². The summed E-state index contributed by atoms with van der Waals surface area (Å²) in [7, 11) is 3.46. The predicted molar refractivity (Wildman–Crippen MR) is 89.4 cm³/mol. The molecule has 0 N–H and O–H groups in total. The molecule has 0 spiro atoms. The zero-order valence-corrected chi connectivity index (χ0v) is 13.3. The van der Waals surface area contributed by atoms with E-state index in [2.05, 4.69) is 0 Å². The van der Waals surface area contributed by atoms with Crippen LogP contribution in [0.25, 0.3) is 0 Å². The van der Waals surface area contributed by atoms with Crippen molar-refractivity contribution in [1.29, 1.82) is 0 Å². The Morgan fingerprint density at radius 2 is 1.23 bits per heavy atom. The van der Waals surface area contributed by atoms with Crippen LogP contribution < -0.4 is 9.80 Å². The molecule has 0 fully saturated rings. The molecule has 0 atom stereocenters. The van der Waals surface area contributed by atoms with Crippen LogP contribution in [0.5, 0.6) is 0 Å². The monoisotopic (exact) mass is 296 g/mol. The summed E-state index contributed by atoms with van der Waals surface area (Å²) in [6.45, 7) is 3.50. The van der Waals surface area contributed by atoms with E-state index in [1.165, 1.54) is 6.92 Å². The number of nitrogens with zero attached hydrogens (tertiary/aromatic N) is 2. The Morgan fingerprint density at radius 1 is 0.773 bits per heavy atom. The highest BCUT2D eigenvalue weighted by atomic mass is 16.2. The van der Waals surface area contributed by atoms with Gasteiger partial charge in [-0.05, 0) is 43.3 Å². The van der Waals surface area contributed by atoms with Crippen molar-refractivity contribution in [2.24, 2.45) is 0 Å². The van der Waals surface area contributed by atoms with Crippen LogP contribution >= 0.6 is 0 Å². The van der Waals surface area contributed by atoms with Crippen LogP contribution in [0.4, 0.5) is 11.4 Å². The minimum Gasteiger partial charge on any atom is -0.316 e. The van der Waals surface area contributed by atoms with Gasteiger partial charge in [0, 0.05) is 38.0 Å². The topological polar surface area (TPSA) is 40.6 Å². The molecule has 0 aliphatic carbocycles. The molecule has 0 unspecified atom stereocenters. The minimum atomic E-state index is -0.0623. The van der Waals surface area contributed by atoms with Crippen molar-refractivity contribution in [2.75, 3.05) is 23.9 Å².